The number of alkyl halides is 6. The van der Waals surface area contributed by atoms with Gasteiger partial charge in [-0.2, -0.15) is 26.3 Å². The molecule has 234 valence electrons. The van der Waals surface area contributed by atoms with Crippen molar-refractivity contribution in [2.45, 2.75) is 109 Å². The Kier molecular flexibility index (Phi) is 13.4. The summed E-state index contributed by atoms with van der Waals surface area (Å²) in [6.07, 6.45) is 2.11. The molecule has 2 aliphatic rings. The molecule has 1 aromatic carbocycles. The van der Waals surface area contributed by atoms with Crippen LogP contribution in [0.1, 0.15) is 102 Å². The van der Waals surface area contributed by atoms with Crippen LogP contribution in [-0.4, -0.2) is 52.4 Å². The van der Waals surface area contributed by atoms with Crippen LogP contribution in [-0.2, 0) is 15.8 Å². The zero-order chi connectivity index (χ0) is 30.8. The lowest BCUT2D eigenvalue weighted by molar-refractivity contribution is -0.192. The number of benzene rings is 1. The van der Waals surface area contributed by atoms with Gasteiger partial charge in [0.25, 0.3) is 0 Å². The number of carboxylic acids is 2. The van der Waals surface area contributed by atoms with Crippen LogP contribution >= 0.6 is 0 Å². The second-order valence-corrected chi connectivity index (χ2v) is 11.9. The fourth-order valence-corrected chi connectivity index (χ4v) is 6.08. The Labute approximate surface area is 238 Å². The van der Waals surface area contributed by atoms with Crippen molar-refractivity contribution in [3.05, 3.63) is 35.4 Å². The third-order valence-corrected chi connectivity index (χ3v) is 8.31. The summed E-state index contributed by atoms with van der Waals surface area (Å²) in [5.74, 6) is -2.03. The number of hydrogen-bond acceptors (Lipinski definition) is 3. The van der Waals surface area contributed by atoms with E-state index in [9.17, 15) is 36.2 Å². The summed E-state index contributed by atoms with van der Waals surface area (Å²) < 4.78 is 71.2. The lowest BCUT2D eigenvalue weighted by atomic mass is 9.72. The van der Waals surface area contributed by atoms with E-state index < -0.39 is 29.9 Å². The number of carbonyl (C=O) groups is 2. The summed E-state index contributed by atoms with van der Waals surface area (Å²) in [6, 6.07) is 5.89. The largest absolute Gasteiger partial charge is 0.490 e. The van der Waals surface area contributed by atoms with Gasteiger partial charge in [0.2, 0.25) is 0 Å². The van der Waals surface area contributed by atoms with Crippen molar-refractivity contribution >= 4 is 11.9 Å². The second kappa shape index (κ2) is 15.8. The summed E-state index contributed by atoms with van der Waals surface area (Å²) in [5.41, 5.74) is 0.292. The van der Waals surface area contributed by atoms with Gasteiger partial charge in [-0.3, -0.25) is 9.69 Å². The van der Waals surface area contributed by atoms with Gasteiger partial charge in [-0.1, -0.05) is 58.1 Å². The van der Waals surface area contributed by atoms with Crippen molar-refractivity contribution in [2.24, 2.45) is 17.8 Å². The van der Waals surface area contributed by atoms with Crippen molar-refractivity contribution in [1.82, 2.24) is 4.90 Å². The predicted octanol–water partition coefficient (Wildman–Crippen LogP) is 8.38. The van der Waals surface area contributed by atoms with E-state index in [1.807, 2.05) is 0 Å². The number of nitrogens with zero attached hydrogens (tertiary/aromatic N) is 1. The zero-order valence-electron chi connectivity index (χ0n) is 23.8. The van der Waals surface area contributed by atoms with Crippen LogP contribution in [0.4, 0.5) is 26.3 Å². The molecule has 5 nitrogen and oxygen atoms in total. The minimum Gasteiger partial charge on any atom is -0.481 e. The third-order valence-electron chi connectivity index (χ3n) is 8.31. The normalized spacial score (nSPS) is 22.3. The highest BCUT2D eigenvalue weighted by Crippen LogP contribution is 2.42. The molecule has 0 saturated heterocycles. The van der Waals surface area contributed by atoms with E-state index in [4.69, 9.17) is 9.90 Å². The van der Waals surface area contributed by atoms with Gasteiger partial charge in [-0.15, -0.1) is 0 Å². The van der Waals surface area contributed by atoms with Gasteiger partial charge in [-0.05, 0) is 86.6 Å². The van der Waals surface area contributed by atoms with Gasteiger partial charge in [-0.25, -0.2) is 4.79 Å². The zero-order valence-corrected chi connectivity index (χ0v) is 23.8. The van der Waals surface area contributed by atoms with E-state index in [-0.39, 0.29) is 24.3 Å². The molecule has 2 N–H and O–H groups in total. The van der Waals surface area contributed by atoms with Crippen molar-refractivity contribution in [1.29, 1.82) is 0 Å². The summed E-state index contributed by atoms with van der Waals surface area (Å²) in [5, 5.41) is 16.5. The van der Waals surface area contributed by atoms with Gasteiger partial charge in [0.15, 0.2) is 0 Å². The smallest absolute Gasteiger partial charge is 0.481 e. The Morgan fingerprint density at radius 2 is 1.46 bits per heavy atom. The van der Waals surface area contributed by atoms with E-state index in [1.165, 1.54) is 50.7 Å². The molecule has 0 radical (unpaired) electrons. The summed E-state index contributed by atoms with van der Waals surface area (Å²) in [7, 11) is 0. The maximum Gasteiger partial charge on any atom is 0.490 e. The molecule has 1 aromatic rings. The van der Waals surface area contributed by atoms with Crippen molar-refractivity contribution in [2.75, 3.05) is 13.1 Å². The number of halogens is 6. The van der Waals surface area contributed by atoms with Crippen LogP contribution in [0, 0.1) is 17.8 Å². The standard InChI is InChI=1S/C28H42F3NO2.C2HF3O2/c1-20(2)14-16-32(17-15-21-6-4-3-5-7-21)26-13-8-22(19-27(33)34)18-25(26)23-9-11-24(12-10-23)28(29,30)31;3-2(4,5)1(6)7/h9-12,20-22,25-26H,3-8,13-19H2,1-2H3,(H,33,34);(H,6,7)/t22-,25+,26-;/m1./s1. The second-order valence-electron chi connectivity index (χ2n) is 11.9. The van der Waals surface area contributed by atoms with E-state index >= 15 is 0 Å². The first-order valence-corrected chi connectivity index (χ1v) is 14.5. The first-order valence-electron chi connectivity index (χ1n) is 14.5. The van der Waals surface area contributed by atoms with E-state index in [2.05, 4.69) is 18.7 Å². The van der Waals surface area contributed by atoms with Gasteiger partial charge in [0.1, 0.15) is 0 Å². The molecule has 0 heterocycles. The summed E-state index contributed by atoms with van der Waals surface area (Å²) in [6.45, 7) is 6.49. The molecule has 2 saturated carbocycles. The Balaban J connectivity index is 0.000000745. The lowest BCUT2D eigenvalue weighted by Gasteiger charge is -2.43. The van der Waals surface area contributed by atoms with Gasteiger partial charge in [0, 0.05) is 12.5 Å². The molecule has 0 unspecified atom stereocenters. The Bertz CT molecular complexity index is 942. The Morgan fingerprint density at radius 1 is 0.878 bits per heavy atom. The molecule has 3 atom stereocenters. The molecule has 0 aliphatic heterocycles. The maximum atomic E-state index is 13.2. The molecular formula is C30H43F6NO4. The number of aliphatic carboxylic acids is 2. The molecular weight excluding hydrogens is 552 g/mol. The highest BCUT2D eigenvalue weighted by molar-refractivity contribution is 5.73. The highest BCUT2D eigenvalue weighted by Gasteiger charge is 2.38. The van der Waals surface area contributed by atoms with Crippen molar-refractivity contribution in [3.8, 4) is 0 Å². The van der Waals surface area contributed by atoms with Crippen LogP contribution in [0.2, 0.25) is 0 Å². The van der Waals surface area contributed by atoms with Gasteiger partial charge < -0.3 is 10.2 Å². The first-order chi connectivity index (χ1) is 19.1. The molecule has 0 amide bonds. The molecule has 11 heteroatoms. The van der Waals surface area contributed by atoms with E-state index in [0.717, 1.165) is 50.3 Å². The monoisotopic (exact) mass is 595 g/mol. The Morgan fingerprint density at radius 3 is 1.95 bits per heavy atom. The van der Waals surface area contributed by atoms with Gasteiger partial charge in [0.05, 0.1) is 5.56 Å². The van der Waals surface area contributed by atoms with E-state index in [1.54, 1.807) is 12.1 Å². The Hall–Kier alpha value is -2.30. The molecule has 0 aromatic heterocycles. The van der Waals surface area contributed by atoms with Crippen LogP contribution in [0.3, 0.4) is 0 Å². The van der Waals surface area contributed by atoms with E-state index in [0.29, 0.717) is 5.92 Å². The predicted molar refractivity (Wildman–Crippen MR) is 143 cm³/mol. The average Bonchev–Trinajstić information content (AvgIpc) is 2.88. The third kappa shape index (κ3) is 12.2. The number of hydrogen-bond donors (Lipinski definition) is 2. The first kappa shape index (κ1) is 34.9. The van der Waals surface area contributed by atoms with Crippen LogP contribution in [0.5, 0.6) is 0 Å². The number of carboxylic acid groups (broad SMARTS) is 2. The summed E-state index contributed by atoms with van der Waals surface area (Å²) in [4.78, 5) is 22.9. The SMILES string of the molecule is CC(C)CCN(CCC1CCCCC1)[C@@H]1CC[C@@H](CC(=O)O)C[C@H]1c1ccc(C(F)(F)F)cc1.O=C(O)C(F)(F)F. The van der Waals surface area contributed by atoms with Crippen molar-refractivity contribution < 1.29 is 46.1 Å². The fourth-order valence-electron chi connectivity index (χ4n) is 6.08. The minimum atomic E-state index is -5.08. The minimum absolute atomic E-state index is 0.0684. The van der Waals surface area contributed by atoms with Crippen LogP contribution in [0.25, 0.3) is 0 Å². The number of rotatable bonds is 10. The molecule has 3 rings (SSSR count). The van der Waals surface area contributed by atoms with Crippen molar-refractivity contribution in [3.63, 3.8) is 0 Å². The van der Waals surface area contributed by atoms with Gasteiger partial charge >= 0.3 is 24.3 Å². The molecule has 41 heavy (non-hydrogen) atoms. The lowest BCUT2D eigenvalue weighted by Crippen LogP contribution is -2.45. The van der Waals surface area contributed by atoms with Crippen LogP contribution < -0.4 is 0 Å². The quantitative estimate of drug-likeness (QED) is 0.266. The fraction of sp³-hybridized carbons (Fsp3) is 0.733. The molecule has 2 fully saturated rings. The topological polar surface area (TPSA) is 77.8 Å². The molecule has 2 aliphatic carbocycles. The molecule has 0 bridgehead atoms. The molecule has 0 spiro atoms. The highest BCUT2D eigenvalue weighted by atomic mass is 19.4. The maximum absolute atomic E-state index is 13.2. The van der Waals surface area contributed by atoms with Crippen LogP contribution in [0.15, 0.2) is 24.3 Å². The summed E-state index contributed by atoms with van der Waals surface area (Å²) >= 11 is 0. The average molecular weight is 596 g/mol.